The van der Waals surface area contributed by atoms with Crippen molar-refractivity contribution in [3.63, 3.8) is 0 Å². The first kappa shape index (κ1) is 28.2. The molecule has 0 N–H and O–H groups in total. The van der Waals surface area contributed by atoms with Crippen LogP contribution in [0, 0.1) is 0 Å². The fraction of sp³-hybridized carbons (Fsp3) is 0. The predicted octanol–water partition coefficient (Wildman–Crippen LogP) is 13.1. The normalized spacial score (nSPS) is 11.3. The van der Waals surface area contributed by atoms with Gasteiger partial charge >= 0.3 is 0 Å². The molecule has 0 radical (unpaired) electrons. The summed E-state index contributed by atoms with van der Waals surface area (Å²) in [7, 11) is 0. The van der Waals surface area contributed by atoms with Crippen LogP contribution in [0.25, 0.3) is 64.6 Å². The molecule has 0 saturated carbocycles. The van der Waals surface area contributed by atoms with Crippen molar-refractivity contribution in [2.45, 2.75) is 0 Å². The molecule has 0 aliphatic heterocycles. The Kier molecular flexibility index (Phi) is 7.03. The lowest BCUT2D eigenvalue weighted by molar-refractivity contribution is 1.28. The molecule has 1 aromatic heterocycles. The van der Waals surface area contributed by atoms with Gasteiger partial charge in [0.2, 0.25) is 0 Å². The van der Waals surface area contributed by atoms with Crippen LogP contribution in [0.5, 0.6) is 0 Å². The number of benzene rings is 8. The molecule has 9 rings (SSSR count). The van der Waals surface area contributed by atoms with Crippen molar-refractivity contribution >= 4 is 60.2 Å². The van der Waals surface area contributed by atoms with E-state index in [1.165, 1.54) is 48.5 Å². The lowest BCUT2D eigenvalue weighted by Gasteiger charge is -2.26. The van der Waals surface area contributed by atoms with E-state index in [9.17, 15) is 0 Å². The van der Waals surface area contributed by atoms with Gasteiger partial charge < -0.3 is 4.90 Å². The van der Waals surface area contributed by atoms with Gasteiger partial charge in [-0.25, -0.2) is 4.98 Å². The SMILES string of the molecule is c1ccc2c(-c3ccc(N(c4ccc(-c5nc6ccccc6s5)cc4)c4ccc(-c5cccc6ccccc56)cc4)cc3)cccc2c1. The van der Waals surface area contributed by atoms with Crippen LogP contribution < -0.4 is 4.90 Å². The van der Waals surface area contributed by atoms with Gasteiger partial charge in [0.25, 0.3) is 0 Å². The van der Waals surface area contributed by atoms with Crippen LogP contribution in [0.3, 0.4) is 0 Å². The fourth-order valence-corrected chi connectivity index (χ4v) is 7.70. The number of anilines is 3. The van der Waals surface area contributed by atoms with Gasteiger partial charge in [0.15, 0.2) is 0 Å². The van der Waals surface area contributed by atoms with Gasteiger partial charge in [-0.3, -0.25) is 0 Å². The molecule has 2 nitrogen and oxygen atoms in total. The average Bonchev–Trinajstić information content (AvgIpc) is 3.60. The minimum absolute atomic E-state index is 1.04. The van der Waals surface area contributed by atoms with Crippen molar-refractivity contribution in [2.75, 3.05) is 4.90 Å². The summed E-state index contributed by atoms with van der Waals surface area (Å²) in [5, 5.41) is 6.06. The van der Waals surface area contributed by atoms with Crippen molar-refractivity contribution < 1.29 is 0 Å². The predicted molar refractivity (Wildman–Crippen MR) is 206 cm³/mol. The molecular formula is C45H30N2S. The van der Waals surface area contributed by atoms with E-state index in [1.54, 1.807) is 11.3 Å². The summed E-state index contributed by atoms with van der Waals surface area (Å²) < 4.78 is 1.20. The number of aromatic nitrogens is 1. The van der Waals surface area contributed by atoms with E-state index >= 15 is 0 Å². The van der Waals surface area contributed by atoms with E-state index in [0.29, 0.717) is 0 Å². The second-order valence-corrected chi connectivity index (χ2v) is 13.0. The number of hydrogen-bond donors (Lipinski definition) is 0. The van der Waals surface area contributed by atoms with E-state index in [4.69, 9.17) is 4.98 Å². The van der Waals surface area contributed by atoms with Gasteiger partial charge in [-0.1, -0.05) is 121 Å². The standard InChI is InChI=1S/C45H30N2S/c1-3-13-39-31(9-1)11-7-15-41(39)33-19-25-36(26-20-33)47(38-29-23-35(24-30-38)45-46-43-17-5-6-18-44(43)48-45)37-27-21-34(22-28-37)42-16-8-12-32-10-2-4-14-40(32)42/h1-30H. The summed E-state index contributed by atoms with van der Waals surface area (Å²) in [6.45, 7) is 0. The van der Waals surface area contributed by atoms with Gasteiger partial charge in [0.05, 0.1) is 10.2 Å². The first-order valence-electron chi connectivity index (χ1n) is 16.2. The lowest BCUT2D eigenvalue weighted by Crippen LogP contribution is -2.09. The molecule has 0 amide bonds. The highest BCUT2D eigenvalue weighted by Crippen LogP contribution is 2.40. The molecule has 0 fully saturated rings. The molecule has 0 spiro atoms. The molecule has 48 heavy (non-hydrogen) atoms. The van der Waals surface area contributed by atoms with Crippen LogP contribution in [0.1, 0.15) is 0 Å². The Bertz CT molecular complexity index is 2380. The maximum atomic E-state index is 4.90. The molecule has 0 atom stereocenters. The van der Waals surface area contributed by atoms with Crippen LogP contribution in [-0.2, 0) is 0 Å². The average molecular weight is 631 g/mol. The maximum absolute atomic E-state index is 4.90. The second kappa shape index (κ2) is 12.0. The van der Waals surface area contributed by atoms with Crippen LogP contribution in [-0.4, -0.2) is 4.98 Å². The fourth-order valence-electron chi connectivity index (χ4n) is 6.73. The molecule has 9 aromatic rings. The number of fused-ring (bicyclic) bond motifs is 3. The number of thiazole rings is 1. The van der Waals surface area contributed by atoms with E-state index in [-0.39, 0.29) is 0 Å². The molecule has 0 bridgehead atoms. The monoisotopic (exact) mass is 630 g/mol. The molecule has 226 valence electrons. The third kappa shape index (κ3) is 5.11. The lowest BCUT2D eigenvalue weighted by atomic mass is 9.97. The van der Waals surface area contributed by atoms with Crippen molar-refractivity contribution in [1.82, 2.24) is 4.98 Å². The Morgan fingerprint density at radius 1 is 0.375 bits per heavy atom. The molecule has 0 saturated heterocycles. The third-order valence-corrected chi connectivity index (χ3v) is 10.2. The van der Waals surface area contributed by atoms with E-state index < -0.39 is 0 Å². The Hall–Kier alpha value is -6.03. The molecular weight excluding hydrogens is 601 g/mol. The zero-order valence-electron chi connectivity index (χ0n) is 26.1. The van der Waals surface area contributed by atoms with Crippen LogP contribution in [0.4, 0.5) is 17.1 Å². The Balaban J connectivity index is 1.12. The van der Waals surface area contributed by atoms with Gasteiger partial charge in [0.1, 0.15) is 5.01 Å². The van der Waals surface area contributed by atoms with Crippen molar-refractivity contribution in [1.29, 1.82) is 0 Å². The van der Waals surface area contributed by atoms with Crippen molar-refractivity contribution in [3.05, 3.63) is 182 Å². The van der Waals surface area contributed by atoms with E-state index in [2.05, 4.69) is 181 Å². The zero-order chi connectivity index (χ0) is 31.9. The van der Waals surface area contributed by atoms with Gasteiger partial charge in [-0.05, 0) is 104 Å². The number of para-hydroxylation sites is 1. The summed E-state index contributed by atoms with van der Waals surface area (Å²) >= 11 is 1.73. The smallest absolute Gasteiger partial charge is 0.124 e. The highest BCUT2D eigenvalue weighted by molar-refractivity contribution is 7.21. The second-order valence-electron chi connectivity index (χ2n) is 12.0. The number of nitrogens with zero attached hydrogens (tertiary/aromatic N) is 2. The zero-order valence-corrected chi connectivity index (χ0v) is 26.9. The van der Waals surface area contributed by atoms with Crippen molar-refractivity contribution in [2.24, 2.45) is 0 Å². The first-order chi connectivity index (χ1) is 23.8. The highest BCUT2D eigenvalue weighted by atomic mass is 32.1. The molecule has 0 unspecified atom stereocenters. The highest BCUT2D eigenvalue weighted by Gasteiger charge is 2.15. The van der Waals surface area contributed by atoms with Gasteiger partial charge in [0, 0.05) is 22.6 Å². The molecule has 3 heteroatoms. The minimum Gasteiger partial charge on any atom is -0.311 e. The van der Waals surface area contributed by atoms with Crippen LogP contribution >= 0.6 is 11.3 Å². The number of rotatable bonds is 6. The molecule has 0 aliphatic carbocycles. The first-order valence-corrected chi connectivity index (χ1v) is 17.0. The minimum atomic E-state index is 1.04. The third-order valence-electron chi connectivity index (χ3n) is 9.12. The summed E-state index contributed by atoms with van der Waals surface area (Å²) in [6.07, 6.45) is 0. The van der Waals surface area contributed by atoms with Gasteiger partial charge in [-0.15, -0.1) is 11.3 Å². The van der Waals surface area contributed by atoms with Gasteiger partial charge in [-0.2, -0.15) is 0 Å². The largest absolute Gasteiger partial charge is 0.311 e. The summed E-state index contributed by atoms with van der Waals surface area (Å²) in [5.74, 6) is 0. The summed E-state index contributed by atoms with van der Waals surface area (Å²) in [6, 6.07) is 65.3. The van der Waals surface area contributed by atoms with Crippen LogP contribution in [0.2, 0.25) is 0 Å². The van der Waals surface area contributed by atoms with E-state index in [1.807, 2.05) is 6.07 Å². The topological polar surface area (TPSA) is 16.1 Å². The van der Waals surface area contributed by atoms with Crippen molar-refractivity contribution in [3.8, 4) is 32.8 Å². The summed E-state index contributed by atoms with van der Waals surface area (Å²) in [5.41, 5.74) is 10.3. The molecule has 1 heterocycles. The Morgan fingerprint density at radius 2 is 0.812 bits per heavy atom. The Morgan fingerprint density at radius 3 is 1.33 bits per heavy atom. The molecule has 0 aliphatic rings. The summed E-state index contributed by atoms with van der Waals surface area (Å²) in [4.78, 5) is 7.23. The molecule has 8 aromatic carbocycles. The van der Waals surface area contributed by atoms with E-state index in [0.717, 1.165) is 33.1 Å². The quantitative estimate of drug-likeness (QED) is 0.182. The number of hydrogen-bond acceptors (Lipinski definition) is 3. The Labute approximate surface area is 283 Å². The van der Waals surface area contributed by atoms with Crippen LogP contribution in [0.15, 0.2) is 182 Å². The maximum Gasteiger partial charge on any atom is 0.124 e.